The molecule has 10 rings (SSSR count). The molecule has 1 fully saturated rings. The number of aliphatic hydroxyl groups excluding tert-OH is 1. The molecule has 0 bridgehead atoms. The molecule has 0 saturated carbocycles. The molecule has 3 amide bonds. The highest BCUT2D eigenvalue weighted by molar-refractivity contribution is 7.23. The van der Waals surface area contributed by atoms with E-state index in [4.69, 9.17) is 24.2 Å². The number of pyridine rings is 1. The third kappa shape index (κ3) is 9.38. The zero-order valence-electron chi connectivity index (χ0n) is 39.6. The van der Waals surface area contributed by atoms with Crippen LogP contribution in [-0.4, -0.2) is 115 Å². The van der Waals surface area contributed by atoms with Crippen molar-refractivity contribution in [3.63, 3.8) is 0 Å². The Hall–Kier alpha value is -7.37. The van der Waals surface area contributed by atoms with Gasteiger partial charge in [0.25, 0.3) is 5.91 Å². The summed E-state index contributed by atoms with van der Waals surface area (Å²) in [5.74, 6) is 0.930. The van der Waals surface area contributed by atoms with E-state index >= 15 is 0 Å². The Morgan fingerprint density at radius 1 is 1.00 bits per heavy atom. The molecule has 0 spiro atoms. The van der Waals surface area contributed by atoms with Crippen molar-refractivity contribution >= 4 is 67.0 Å². The van der Waals surface area contributed by atoms with E-state index in [0.29, 0.717) is 61.0 Å². The van der Waals surface area contributed by atoms with Gasteiger partial charge in [-0.3, -0.25) is 23.2 Å². The van der Waals surface area contributed by atoms with Crippen molar-refractivity contribution in [2.75, 3.05) is 45.3 Å². The number of nitriles is 1. The van der Waals surface area contributed by atoms with Crippen LogP contribution in [0.2, 0.25) is 0 Å². The Balaban J connectivity index is 0.728. The van der Waals surface area contributed by atoms with Crippen molar-refractivity contribution in [2.24, 2.45) is 5.92 Å². The van der Waals surface area contributed by atoms with Gasteiger partial charge >= 0.3 is 0 Å². The molecule has 3 N–H and O–H groups in total. The highest BCUT2D eigenvalue weighted by Gasteiger charge is 2.46. The fourth-order valence-electron chi connectivity index (χ4n) is 9.49. The number of ether oxygens (including phenoxy) is 3. The normalized spacial score (nSPS) is 16.0. The minimum atomic E-state index is -0.912. The first kappa shape index (κ1) is 47.3. The van der Waals surface area contributed by atoms with Crippen molar-refractivity contribution in [3.8, 4) is 39.4 Å². The van der Waals surface area contributed by atoms with Gasteiger partial charge < -0.3 is 39.8 Å². The number of aromatic nitrogens is 5. The van der Waals surface area contributed by atoms with E-state index in [1.165, 1.54) is 16.2 Å². The van der Waals surface area contributed by atoms with E-state index < -0.39 is 24.1 Å². The van der Waals surface area contributed by atoms with E-state index in [9.17, 15) is 24.8 Å². The molecular formula is C52H52N10O7S2. The number of thiazole rings is 2. The second-order valence-electron chi connectivity index (χ2n) is 18.0. The largest absolute Gasteiger partial charge is 0.493 e. The fourth-order valence-corrected chi connectivity index (χ4v) is 11.3. The van der Waals surface area contributed by atoms with E-state index in [1.807, 2.05) is 99.2 Å². The molecule has 19 heteroatoms. The summed E-state index contributed by atoms with van der Waals surface area (Å²) in [6.07, 6.45) is 3.67. The summed E-state index contributed by atoms with van der Waals surface area (Å²) in [4.78, 5) is 60.6. The van der Waals surface area contributed by atoms with Crippen LogP contribution >= 0.6 is 22.7 Å². The summed E-state index contributed by atoms with van der Waals surface area (Å²) in [5.41, 5.74) is 9.45. The van der Waals surface area contributed by atoms with Crippen molar-refractivity contribution in [1.82, 2.24) is 38.9 Å². The lowest BCUT2D eigenvalue weighted by Crippen LogP contribution is -2.55. The van der Waals surface area contributed by atoms with Gasteiger partial charge in [-0.15, -0.1) is 11.3 Å². The predicted molar refractivity (Wildman–Crippen MR) is 271 cm³/mol. The van der Waals surface area contributed by atoms with Crippen LogP contribution in [-0.2, 0) is 27.4 Å². The van der Waals surface area contributed by atoms with Crippen LogP contribution in [0.3, 0.4) is 0 Å². The number of hydrogen-bond donors (Lipinski definition) is 3. The van der Waals surface area contributed by atoms with E-state index in [0.717, 1.165) is 59.7 Å². The van der Waals surface area contributed by atoms with E-state index in [2.05, 4.69) is 26.1 Å². The van der Waals surface area contributed by atoms with Crippen LogP contribution in [0.25, 0.3) is 42.7 Å². The van der Waals surface area contributed by atoms with Crippen LogP contribution in [0.5, 0.6) is 11.5 Å². The van der Waals surface area contributed by atoms with Gasteiger partial charge in [0.2, 0.25) is 11.8 Å². The number of benzene rings is 3. The minimum absolute atomic E-state index is 0.000945. The lowest BCUT2D eigenvalue weighted by atomic mass is 10.0. The van der Waals surface area contributed by atoms with Gasteiger partial charge in [0.15, 0.2) is 4.96 Å². The first-order chi connectivity index (χ1) is 34.5. The maximum absolute atomic E-state index is 14.3. The molecule has 364 valence electrons. The lowest BCUT2D eigenvalue weighted by molar-refractivity contribution is -0.143. The smallest absolute Gasteiger partial charge is 0.255 e. The van der Waals surface area contributed by atoms with Crippen LogP contribution < -0.4 is 20.1 Å². The number of hydrogen-bond acceptors (Lipinski definition) is 14. The Bertz CT molecular complexity index is 3350. The number of imidazole rings is 2. The molecule has 7 heterocycles. The molecule has 17 nitrogen and oxygen atoms in total. The number of carbonyl (C=O) groups is 3. The van der Waals surface area contributed by atoms with Crippen molar-refractivity contribution in [3.05, 3.63) is 119 Å². The van der Waals surface area contributed by atoms with Gasteiger partial charge in [0, 0.05) is 69.7 Å². The molecule has 3 atom stereocenters. The summed E-state index contributed by atoms with van der Waals surface area (Å²) in [6.45, 7) is 7.65. The maximum atomic E-state index is 14.3. The van der Waals surface area contributed by atoms with Crippen molar-refractivity contribution in [1.29, 1.82) is 5.26 Å². The van der Waals surface area contributed by atoms with Gasteiger partial charge in [-0.1, -0.05) is 55.5 Å². The summed E-state index contributed by atoms with van der Waals surface area (Å²) in [5, 5.41) is 26.4. The number of rotatable bonds is 18. The van der Waals surface area contributed by atoms with Crippen molar-refractivity contribution in [2.45, 2.75) is 64.9 Å². The standard InChI is InChI=1S/C52H52N10O7S2/c1-30(2)46(62-26-35-8-5-6-9-38(35)50(62)65)51(66)60-27-36(63)22-41(60)49(64)55-25-34-11-10-33(47-31(3)56-29-70-47)21-42(34)69-19-18-67-16-7-17-68-37-12-13-40-43(23-37)71-52-57-39(28-61(40)52)45-48(54-4)59-15-14-32(24-53)20-44(59)58-45/h5-6,8-15,20-21,23,28-30,36,41,46,54,63H,7,16-19,22,25-27H2,1-4H3,(H,55,64)/t36-,41+,46+/m1/s1. The number of likely N-dealkylation sites (tertiary alicyclic amines) is 1. The second-order valence-corrected chi connectivity index (χ2v) is 19.8. The summed E-state index contributed by atoms with van der Waals surface area (Å²) in [7, 11) is 1.84. The Morgan fingerprint density at radius 2 is 1.86 bits per heavy atom. The first-order valence-electron chi connectivity index (χ1n) is 23.5. The number of aryl methyl sites for hydroxylation is 1. The van der Waals surface area contributed by atoms with Gasteiger partial charge in [0.05, 0.1) is 57.2 Å². The molecule has 2 aliphatic rings. The van der Waals surface area contributed by atoms with Crippen LogP contribution in [0.1, 0.15) is 59.4 Å². The zero-order chi connectivity index (χ0) is 49.3. The number of anilines is 1. The number of carbonyl (C=O) groups excluding carboxylic acids is 3. The highest BCUT2D eigenvalue weighted by atomic mass is 32.1. The molecule has 0 unspecified atom stereocenters. The average molecular weight is 993 g/mol. The number of amides is 3. The van der Waals surface area contributed by atoms with Crippen molar-refractivity contribution < 1.29 is 33.7 Å². The average Bonchev–Trinajstić information content (AvgIpc) is 4.24. The van der Waals surface area contributed by atoms with Gasteiger partial charge in [-0.25, -0.2) is 15.0 Å². The number of nitrogens with one attached hydrogen (secondary N) is 2. The van der Waals surface area contributed by atoms with Crippen LogP contribution in [0, 0.1) is 24.2 Å². The topological polar surface area (TPSA) is 201 Å². The van der Waals surface area contributed by atoms with Crippen LogP contribution in [0.4, 0.5) is 5.82 Å². The first-order valence-corrected chi connectivity index (χ1v) is 25.2. The third-order valence-corrected chi connectivity index (χ3v) is 14.9. The summed E-state index contributed by atoms with van der Waals surface area (Å²) >= 11 is 3.10. The maximum Gasteiger partial charge on any atom is 0.255 e. The highest BCUT2D eigenvalue weighted by Crippen LogP contribution is 2.36. The Kier molecular flexibility index (Phi) is 13.4. The molecular weight excluding hydrogens is 941 g/mol. The fraction of sp³-hybridized carbons (Fsp3) is 0.327. The van der Waals surface area contributed by atoms with Gasteiger partial charge in [-0.05, 0) is 66.4 Å². The van der Waals surface area contributed by atoms with Crippen LogP contribution in [0.15, 0.2) is 90.7 Å². The number of nitrogens with zero attached hydrogens (tertiary/aromatic N) is 8. The van der Waals surface area contributed by atoms with Gasteiger partial charge in [0.1, 0.15) is 53.0 Å². The number of β-amino-alcohol motifs (C(OH)–C–C–N with tert-alkyl or cyclic N) is 1. The molecule has 5 aromatic heterocycles. The number of fused-ring (bicyclic) bond motifs is 5. The third-order valence-electron chi connectivity index (χ3n) is 12.9. The minimum Gasteiger partial charge on any atom is -0.493 e. The zero-order valence-corrected chi connectivity index (χ0v) is 41.3. The molecule has 2 aliphatic heterocycles. The Morgan fingerprint density at radius 3 is 2.65 bits per heavy atom. The SMILES string of the molecule is CNc1c(-c2cn3c(n2)sc2cc(OCCCOCCOc4cc(-c5scnc5C)ccc4CNC(=O)[C@@H]4C[C@@H](O)CN4C(=O)[C@H](C(C)C)N4Cc5ccccc5C4=O)ccc23)nc2cc(C#N)ccn12. The predicted octanol–water partition coefficient (Wildman–Crippen LogP) is 7.33. The molecule has 1 saturated heterocycles. The van der Waals surface area contributed by atoms with E-state index in [1.54, 1.807) is 39.9 Å². The molecule has 3 aromatic carbocycles. The number of aliphatic hydroxyl groups is 1. The lowest BCUT2D eigenvalue weighted by Gasteiger charge is -2.35. The quantitative estimate of drug-likeness (QED) is 0.0724. The summed E-state index contributed by atoms with van der Waals surface area (Å²) < 4.78 is 23.4. The monoisotopic (exact) mass is 992 g/mol. The molecule has 0 radical (unpaired) electrons. The second kappa shape index (κ2) is 20.2. The van der Waals surface area contributed by atoms with E-state index in [-0.39, 0.29) is 43.8 Å². The Labute approximate surface area is 417 Å². The molecule has 8 aromatic rings. The summed E-state index contributed by atoms with van der Waals surface area (Å²) in [6, 6.07) is 23.1. The molecule has 0 aliphatic carbocycles. The molecule has 71 heavy (non-hydrogen) atoms. The van der Waals surface area contributed by atoms with Gasteiger partial charge in [-0.2, -0.15) is 5.26 Å².